The highest BCUT2D eigenvalue weighted by Gasteiger charge is 2.42. The molecule has 0 aromatic carbocycles. The van der Waals surface area contributed by atoms with Gasteiger partial charge in [0, 0.05) is 17.4 Å². The summed E-state index contributed by atoms with van der Waals surface area (Å²) >= 11 is 1.91. The molecule has 1 aliphatic carbocycles. The molecule has 6 heteroatoms. The third-order valence-electron chi connectivity index (χ3n) is 7.48. The molecular weight excluding hydrogens is 468 g/mol. The van der Waals surface area contributed by atoms with Crippen molar-refractivity contribution in [3.63, 3.8) is 0 Å². The zero-order valence-electron chi connectivity index (χ0n) is 22.7. The van der Waals surface area contributed by atoms with Crippen molar-refractivity contribution >= 4 is 23.8 Å². The molecule has 0 aromatic heterocycles. The van der Waals surface area contributed by atoms with E-state index in [-0.39, 0.29) is 29.5 Å². The highest BCUT2D eigenvalue weighted by atomic mass is 32.2. The first-order valence-corrected chi connectivity index (χ1v) is 14.4. The van der Waals surface area contributed by atoms with E-state index < -0.39 is 0 Å². The van der Waals surface area contributed by atoms with Crippen molar-refractivity contribution in [1.29, 1.82) is 0 Å². The Morgan fingerprint density at radius 1 is 1.17 bits per heavy atom. The molecule has 0 unspecified atom stereocenters. The number of thioether (sulfide) groups is 1. The van der Waals surface area contributed by atoms with Gasteiger partial charge in [0.15, 0.2) is 0 Å². The molecular formula is C30H44N2O3S. The van der Waals surface area contributed by atoms with Crippen LogP contribution in [0, 0.1) is 5.41 Å². The quantitative estimate of drug-likeness (QED) is 0.138. The molecule has 2 N–H and O–H groups in total. The van der Waals surface area contributed by atoms with Gasteiger partial charge in [-0.3, -0.25) is 4.79 Å². The largest absolute Gasteiger partial charge is 0.461 e. The average Bonchev–Trinajstić information content (AvgIpc) is 3.35. The second-order valence-electron chi connectivity index (χ2n) is 11.0. The van der Waals surface area contributed by atoms with Crippen LogP contribution in [0.1, 0.15) is 79.6 Å². The molecule has 2 fully saturated rings. The van der Waals surface area contributed by atoms with E-state index in [1.807, 2.05) is 30.8 Å². The van der Waals surface area contributed by atoms with Gasteiger partial charge in [0.2, 0.25) is 0 Å². The predicted molar refractivity (Wildman–Crippen MR) is 151 cm³/mol. The molecule has 3 atom stereocenters. The van der Waals surface area contributed by atoms with Gasteiger partial charge in [0.1, 0.15) is 6.61 Å². The minimum atomic E-state index is -0.146. The molecule has 2 heterocycles. The first-order valence-electron chi connectivity index (χ1n) is 13.4. The average molecular weight is 513 g/mol. The van der Waals surface area contributed by atoms with Crippen molar-refractivity contribution in [2.24, 2.45) is 5.41 Å². The lowest BCUT2D eigenvalue weighted by atomic mass is 9.72. The molecule has 0 aromatic rings. The molecule has 0 radical (unpaired) electrons. The van der Waals surface area contributed by atoms with Crippen molar-refractivity contribution in [2.75, 3.05) is 12.4 Å². The van der Waals surface area contributed by atoms with Gasteiger partial charge >= 0.3 is 12.0 Å². The molecule has 2 saturated heterocycles. The topological polar surface area (TPSA) is 67.4 Å². The number of hydrogen-bond donors (Lipinski definition) is 2. The number of hydrogen-bond acceptors (Lipinski definition) is 4. The van der Waals surface area contributed by atoms with E-state index >= 15 is 0 Å². The maximum absolute atomic E-state index is 12.1. The van der Waals surface area contributed by atoms with E-state index in [1.54, 1.807) is 0 Å². The van der Waals surface area contributed by atoms with Crippen LogP contribution in [0.15, 0.2) is 58.7 Å². The SMILES string of the molecule is CC(C=CC1=C(C)CCCC1(C)C)=CC=CC(C)=CCOC(=O)CCCC[C@@H]1SC[C@@H]2NC(=O)N[C@@H]21. The highest BCUT2D eigenvalue weighted by Crippen LogP contribution is 2.40. The second kappa shape index (κ2) is 13.4. The number of rotatable bonds is 11. The lowest BCUT2D eigenvalue weighted by Crippen LogP contribution is -2.36. The summed E-state index contributed by atoms with van der Waals surface area (Å²) in [5.41, 5.74) is 5.54. The number of unbranched alkanes of at least 4 members (excludes halogenated alkanes) is 1. The van der Waals surface area contributed by atoms with Crippen molar-refractivity contribution in [2.45, 2.75) is 96.9 Å². The van der Waals surface area contributed by atoms with E-state index in [0.717, 1.165) is 30.6 Å². The monoisotopic (exact) mass is 512 g/mol. The van der Waals surface area contributed by atoms with Crippen LogP contribution in [0.4, 0.5) is 4.79 Å². The van der Waals surface area contributed by atoms with Gasteiger partial charge in [-0.2, -0.15) is 11.8 Å². The summed E-state index contributed by atoms with van der Waals surface area (Å²) in [5.74, 6) is 0.824. The van der Waals surface area contributed by atoms with Gasteiger partial charge in [-0.05, 0) is 69.9 Å². The minimum absolute atomic E-state index is 0.0493. The number of fused-ring (bicyclic) bond motifs is 1. The molecule has 5 nitrogen and oxygen atoms in total. The van der Waals surface area contributed by atoms with Gasteiger partial charge in [0.05, 0.1) is 12.1 Å². The van der Waals surface area contributed by atoms with Crippen LogP contribution >= 0.6 is 11.8 Å². The summed E-state index contributed by atoms with van der Waals surface area (Å²) in [6.07, 6.45) is 19.7. The molecule has 0 bridgehead atoms. The van der Waals surface area contributed by atoms with E-state index in [0.29, 0.717) is 18.3 Å². The Morgan fingerprint density at radius 2 is 1.97 bits per heavy atom. The van der Waals surface area contributed by atoms with Crippen LogP contribution in [0.2, 0.25) is 0 Å². The number of esters is 1. The summed E-state index contributed by atoms with van der Waals surface area (Å²) in [5, 5.41) is 6.42. The van der Waals surface area contributed by atoms with Crippen LogP contribution in [0.5, 0.6) is 0 Å². The van der Waals surface area contributed by atoms with Crippen molar-refractivity contribution < 1.29 is 14.3 Å². The number of carbonyl (C=O) groups excluding carboxylic acids is 2. The third-order valence-corrected chi connectivity index (χ3v) is 8.99. The molecule has 0 saturated carbocycles. The molecule has 198 valence electrons. The summed E-state index contributed by atoms with van der Waals surface area (Å²) in [6.45, 7) is 11.4. The van der Waals surface area contributed by atoms with Gasteiger partial charge in [-0.1, -0.05) is 67.4 Å². The third kappa shape index (κ3) is 8.43. The summed E-state index contributed by atoms with van der Waals surface area (Å²) in [4.78, 5) is 23.5. The summed E-state index contributed by atoms with van der Waals surface area (Å²) in [6, 6.07) is 0.441. The highest BCUT2D eigenvalue weighted by molar-refractivity contribution is 8.00. The van der Waals surface area contributed by atoms with E-state index in [9.17, 15) is 9.59 Å². The fourth-order valence-corrected chi connectivity index (χ4v) is 6.84. The summed E-state index contributed by atoms with van der Waals surface area (Å²) < 4.78 is 5.38. The van der Waals surface area contributed by atoms with E-state index in [2.05, 4.69) is 62.6 Å². The standard InChI is InChI=1S/C30H44N2O3S/c1-21(15-16-24-23(3)12-9-18-30(24,4)5)10-8-11-22(2)17-19-35-27(33)14-7-6-13-26-28-25(20-36-26)31-29(34)32-28/h8,10-11,15-17,25-26,28H,6-7,9,12-14,18-20H2,1-5H3,(H2,31,32,34)/t25-,26-,28-/m0/s1. The molecule has 2 aliphatic heterocycles. The van der Waals surface area contributed by atoms with Crippen LogP contribution < -0.4 is 10.6 Å². The van der Waals surface area contributed by atoms with Gasteiger partial charge in [-0.15, -0.1) is 0 Å². The number of allylic oxidation sites excluding steroid dienone is 9. The molecule has 3 rings (SSSR count). The van der Waals surface area contributed by atoms with Crippen LogP contribution in [-0.2, 0) is 9.53 Å². The molecule has 3 aliphatic rings. The number of nitrogens with one attached hydrogen (secondary N) is 2. The molecule has 36 heavy (non-hydrogen) atoms. The number of urea groups is 1. The Hall–Kier alpha value is -2.21. The Morgan fingerprint density at radius 3 is 2.75 bits per heavy atom. The first kappa shape index (κ1) is 28.4. The lowest BCUT2D eigenvalue weighted by molar-refractivity contribution is -0.142. The predicted octanol–water partition coefficient (Wildman–Crippen LogP) is 6.79. The zero-order valence-corrected chi connectivity index (χ0v) is 23.5. The summed E-state index contributed by atoms with van der Waals surface area (Å²) in [7, 11) is 0. The van der Waals surface area contributed by atoms with Crippen molar-refractivity contribution in [1.82, 2.24) is 10.6 Å². The Labute approximate surface area is 222 Å². The number of ether oxygens (including phenoxy) is 1. The normalized spacial score (nSPS) is 26.5. The van der Waals surface area contributed by atoms with Crippen molar-refractivity contribution in [3.05, 3.63) is 58.7 Å². The van der Waals surface area contributed by atoms with Gasteiger partial charge in [0.25, 0.3) is 0 Å². The van der Waals surface area contributed by atoms with E-state index in [1.165, 1.54) is 36.0 Å². The second-order valence-corrected chi connectivity index (χ2v) is 12.3. The Kier molecular flexibility index (Phi) is 10.5. The van der Waals surface area contributed by atoms with Gasteiger partial charge in [-0.25, -0.2) is 4.79 Å². The Balaban J connectivity index is 1.32. The van der Waals surface area contributed by atoms with E-state index in [4.69, 9.17) is 4.74 Å². The minimum Gasteiger partial charge on any atom is -0.461 e. The lowest BCUT2D eigenvalue weighted by Gasteiger charge is -2.32. The molecule has 2 amide bonds. The smallest absolute Gasteiger partial charge is 0.315 e. The maximum Gasteiger partial charge on any atom is 0.315 e. The number of carbonyl (C=O) groups is 2. The van der Waals surface area contributed by atoms with Crippen molar-refractivity contribution in [3.8, 4) is 0 Å². The van der Waals surface area contributed by atoms with Crippen LogP contribution in [0.25, 0.3) is 0 Å². The van der Waals surface area contributed by atoms with Gasteiger partial charge < -0.3 is 15.4 Å². The number of amides is 2. The molecule has 0 spiro atoms. The van der Waals surface area contributed by atoms with Crippen LogP contribution in [0.3, 0.4) is 0 Å². The fraction of sp³-hybridized carbons (Fsp3) is 0.600. The van der Waals surface area contributed by atoms with Crippen LogP contribution in [-0.4, -0.2) is 41.7 Å². The maximum atomic E-state index is 12.1. The first-order chi connectivity index (χ1) is 17.2. The Bertz CT molecular complexity index is 957. The fourth-order valence-electron chi connectivity index (χ4n) is 5.30. The zero-order chi connectivity index (χ0) is 26.1.